The molecule has 0 aliphatic carbocycles. The van der Waals surface area contributed by atoms with Gasteiger partial charge in [0.2, 0.25) is 0 Å². The highest BCUT2D eigenvalue weighted by Crippen LogP contribution is 2.28. The van der Waals surface area contributed by atoms with Gasteiger partial charge in [0.05, 0.1) is 18.0 Å². The van der Waals surface area contributed by atoms with Crippen molar-refractivity contribution in [3.63, 3.8) is 0 Å². The quantitative estimate of drug-likeness (QED) is 0.673. The fraction of sp³-hybridized carbons (Fsp3) is 0.0714. The summed E-state index contributed by atoms with van der Waals surface area (Å²) in [5.74, 6) is 0. The molecule has 0 saturated heterocycles. The molecule has 2 heterocycles. The Kier molecular flexibility index (Phi) is 2.50. The molecule has 0 atom stereocenters. The van der Waals surface area contributed by atoms with Gasteiger partial charge in [-0.05, 0) is 18.2 Å². The number of nitrogen functional groups attached to an aromatic ring is 1. The van der Waals surface area contributed by atoms with E-state index in [4.69, 9.17) is 5.73 Å². The second-order valence-corrected chi connectivity index (χ2v) is 4.08. The van der Waals surface area contributed by atoms with Crippen LogP contribution in [0.1, 0.15) is 5.69 Å². The highest BCUT2D eigenvalue weighted by atomic mass is 16.3. The van der Waals surface area contributed by atoms with Crippen molar-refractivity contribution in [1.29, 1.82) is 0 Å². The maximum Gasteiger partial charge on any atom is 0.137 e. The Balaban J connectivity index is 2.32. The number of nitrogens with two attached hydrogens (primary N) is 1. The maximum absolute atomic E-state index is 9.56. The molecule has 0 saturated carbocycles. The third-order valence-corrected chi connectivity index (χ3v) is 2.99. The minimum Gasteiger partial charge on any atom is -0.398 e. The lowest BCUT2D eigenvalue weighted by atomic mass is 10.1. The van der Waals surface area contributed by atoms with E-state index in [2.05, 4.69) is 4.98 Å². The predicted molar refractivity (Wildman–Crippen MR) is 71.0 cm³/mol. The number of aliphatic hydroxyl groups is 1. The average Bonchev–Trinajstić information content (AvgIpc) is 2.77. The second kappa shape index (κ2) is 4.16. The zero-order valence-corrected chi connectivity index (χ0v) is 9.74. The van der Waals surface area contributed by atoms with Crippen molar-refractivity contribution in [2.24, 2.45) is 0 Å². The Morgan fingerprint density at radius 3 is 2.67 bits per heavy atom. The number of aromatic nitrogens is 2. The van der Waals surface area contributed by atoms with Gasteiger partial charge in [0.25, 0.3) is 0 Å². The van der Waals surface area contributed by atoms with Crippen molar-refractivity contribution in [2.75, 3.05) is 5.73 Å². The van der Waals surface area contributed by atoms with Gasteiger partial charge >= 0.3 is 0 Å². The van der Waals surface area contributed by atoms with Gasteiger partial charge in [-0.2, -0.15) is 0 Å². The van der Waals surface area contributed by atoms with Crippen LogP contribution in [0.15, 0.2) is 48.7 Å². The Bertz CT molecular complexity index is 703. The first kappa shape index (κ1) is 10.8. The minimum absolute atomic E-state index is 0.0746. The van der Waals surface area contributed by atoms with Crippen molar-refractivity contribution in [3.05, 3.63) is 54.4 Å². The SMILES string of the molecule is Nc1ccccc1-c1nc2ccccn2c1CO. The van der Waals surface area contributed by atoms with Crippen LogP contribution in [0.4, 0.5) is 5.69 Å². The summed E-state index contributed by atoms with van der Waals surface area (Å²) >= 11 is 0. The smallest absolute Gasteiger partial charge is 0.137 e. The largest absolute Gasteiger partial charge is 0.398 e. The van der Waals surface area contributed by atoms with Gasteiger partial charge in [0.15, 0.2) is 0 Å². The van der Waals surface area contributed by atoms with Crippen LogP contribution in [0, 0.1) is 0 Å². The molecular weight excluding hydrogens is 226 g/mol. The number of nitrogens with zero attached hydrogens (tertiary/aromatic N) is 2. The number of benzene rings is 1. The van der Waals surface area contributed by atoms with E-state index in [1.807, 2.05) is 53.1 Å². The Morgan fingerprint density at radius 1 is 1.11 bits per heavy atom. The van der Waals surface area contributed by atoms with Crippen LogP contribution >= 0.6 is 0 Å². The average molecular weight is 239 g/mol. The molecule has 3 rings (SSSR count). The zero-order chi connectivity index (χ0) is 12.5. The molecular formula is C14H13N3O. The van der Waals surface area contributed by atoms with Crippen LogP contribution in [0.5, 0.6) is 0 Å². The van der Waals surface area contributed by atoms with Crippen molar-refractivity contribution < 1.29 is 5.11 Å². The van der Waals surface area contributed by atoms with Gasteiger partial charge in [-0.25, -0.2) is 4.98 Å². The molecule has 0 amide bonds. The molecule has 0 bridgehead atoms. The fourth-order valence-corrected chi connectivity index (χ4v) is 2.13. The molecule has 0 unspecified atom stereocenters. The zero-order valence-electron chi connectivity index (χ0n) is 9.74. The van der Waals surface area contributed by atoms with E-state index >= 15 is 0 Å². The summed E-state index contributed by atoms with van der Waals surface area (Å²) in [6.45, 7) is -0.0746. The summed E-state index contributed by atoms with van der Waals surface area (Å²) in [5.41, 5.74) is 9.78. The molecule has 4 heteroatoms. The second-order valence-electron chi connectivity index (χ2n) is 4.08. The number of hydrogen-bond donors (Lipinski definition) is 2. The molecule has 4 nitrogen and oxygen atoms in total. The van der Waals surface area contributed by atoms with E-state index in [0.29, 0.717) is 5.69 Å². The van der Waals surface area contributed by atoms with Gasteiger partial charge in [-0.1, -0.05) is 24.3 Å². The Hall–Kier alpha value is -2.33. The number of hydrogen-bond acceptors (Lipinski definition) is 3. The molecule has 3 aromatic rings. The van der Waals surface area contributed by atoms with E-state index in [-0.39, 0.29) is 6.61 Å². The summed E-state index contributed by atoms with van der Waals surface area (Å²) in [6, 6.07) is 13.3. The first-order chi connectivity index (χ1) is 8.81. The monoisotopic (exact) mass is 239 g/mol. The highest BCUT2D eigenvalue weighted by Gasteiger charge is 2.14. The molecule has 18 heavy (non-hydrogen) atoms. The molecule has 3 N–H and O–H groups in total. The molecule has 90 valence electrons. The van der Waals surface area contributed by atoms with Crippen LogP contribution in [-0.2, 0) is 6.61 Å². The number of imidazole rings is 1. The van der Waals surface area contributed by atoms with Gasteiger partial charge in [-0.15, -0.1) is 0 Å². The lowest BCUT2D eigenvalue weighted by Gasteiger charge is -2.04. The van der Waals surface area contributed by atoms with Crippen molar-refractivity contribution in [1.82, 2.24) is 9.38 Å². The number of rotatable bonds is 2. The summed E-state index contributed by atoms with van der Waals surface area (Å²) in [7, 11) is 0. The van der Waals surface area contributed by atoms with Crippen LogP contribution in [0.2, 0.25) is 0 Å². The summed E-state index contributed by atoms with van der Waals surface area (Å²) in [4.78, 5) is 4.54. The molecule has 1 aromatic carbocycles. The van der Waals surface area contributed by atoms with E-state index in [1.54, 1.807) is 0 Å². The number of aliphatic hydroxyl groups excluding tert-OH is 1. The normalized spacial score (nSPS) is 10.9. The summed E-state index contributed by atoms with van der Waals surface area (Å²) in [5, 5.41) is 9.56. The first-order valence-corrected chi connectivity index (χ1v) is 5.73. The standard InChI is InChI=1S/C14H13N3O/c15-11-6-2-1-5-10(11)14-12(9-18)17-8-4-3-7-13(17)16-14/h1-8,18H,9,15H2. The third-order valence-electron chi connectivity index (χ3n) is 2.99. The lowest BCUT2D eigenvalue weighted by Crippen LogP contribution is -1.95. The van der Waals surface area contributed by atoms with E-state index in [0.717, 1.165) is 22.6 Å². The van der Waals surface area contributed by atoms with E-state index in [1.165, 1.54) is 0 Å². The predicted octanol–water partition coefficient (Wildman–Crippen LogP) is 2.08. The van der Waals surface area contributed by atoms with E-state index in [9.17, 15) is 5.11 Å². The summed E-state index contributed by atoms with van der Waals surface area (Å²) in [6.07, 6.45) is 1.89. The molecule has 0 aliphatic rings. The van der Waals surface area contributed by atoms with Gasteiger partial charge in [0, 0.05) is 17.4 Å². The fourth-order valence-electron chi connectivity index (χ4n) is 2.13. The molecule has 0 spiro atoms. The molecule has 0 fully saturated rings. The summed E-state index contributed by atoms with van der Waals surface area (Å²) < 4.78 is 1.88. The Labute approximate surface area is 104 Å². The number of anilines is 1. The minimum atomic E-state index is -0.0746. The van der Waals surface area contributed by atoms with Crippen molar-refractivity contribution >= 4 is 11.3 Å². The number of para-hydroxylation sites is 1. The van der Waals surface area contributed by atoms with Crippen LogP contribution in [-0.4, -0.2) is 14.5 Å². The van der Waals surface area contributed by atoms with Crippen molar-refractivity contribution in [3.8, 4) is 11.3 Å². The Morgan fingerprint density at radius 2 is 1.89 bits per heavy atom. The van der Waals surface area contributed by atoms with Gasteiger partial charge in [-0.3, -0.25) is 0 Å². The lowest BCUT2D eigenvalue weighted by molar-refractivity contribution is 0.276. The van der Waals surface area contributed by atoms with Gasteiger partial charge in [0.1, 0.15) is 5.65 Å². The maximum atomic E-state index is 9.56. The number of pyridine rings is 1. The van der Waals surface area contributed by atoms with Crippen LogP contribution in [0.3, 0.4) is 0 Å². The topological polar surface area (TPSA) is 63.5 Å². The van der Waals surface area contributed by atoms with Crippen LogP contribution in [0.25, 0.3) is 16.9 Å². The first-order valence-electron chi connectivity index (χ1n) is 5.73. The van der Waals surface area contributed by atoms with Gasteiger partial charge < -0.3 is 15.2 Å². The molecule has 0 radical (unpaired) electrons. The third kappa shape index (κ3) is 1.55. The number of fused-ring (bicyclic) bond motifs is 1. The molecule has 2 aromatic heterocycles. The van der Waals surface area contributed by atoms with E-state index < -0.39 is 0 Å². The highest BCUT2D eigenvalue weighted by molar-refractivity contribution is 5.77. The van der Waals surface area contributed by atoms with Crippen molar-refractivity contribution in [2.45, 2.75) is 6.61 Å². The van der Waals surface area contributed by atoms with Crippen LogP contribution < -0.4 is 5.73 Å². The molecule has 0 aliphatic heterocycles.